The van der Waals surface area contributed by atoms with Crippen molar-refractivity contribution in [2.45, 2.75) is 39.2 Å². The molecule has 3 nitrogen and oxygen atoms in total. The van der Waals surface area contributed by atoms with E-state index in [0.717, 1.165) is 33.9 Å². The molecule has 2 atom stereocenters. The first kappa shape index (κ1) is 13.0. The van der Waals surface area contributed by atoms with Crippen molar-refractivity contribution in [3.05, 3.63) is 22.7 Å². The van der Waals surface area contributed by atoms with Crippen LogP contribution in [0.2, 0.25) is 0 Å². The number of anilines is 1. The molecule has 1 aliphatic carbocycles. The number of aromatic nitrogens is 2. The maximum Gasteiger partial charge on any atom is 0.201 e. The molecule has 0 radical (unpaired) electrons. The summed E-state index contributed by atoms with van der Waals surface area (Å²) < 4.78 is 3.26. The molecule has 1 fully saturated rings. The first-order chi connectivity index (χ1) is 9.13. The number of nitrogens with two attached hydrogens (primary N) is 1. The summed E-state index contributed by atoms with van der Waals surface area (Å²) >= 11 is 3.53. The molecule has 2 aromatic rings. The third-order valence-corrected chi connectivity index (χ3v) is 4.72. The largest absolute Gasteiger partial charge is 0.369 e. The molecule has 0 saturated heterocycles. The molecule has 0 amide bonds. The van der Waals surface area contributed by atoms with Crippen molar-refractivity contribution >= 4 is 32.9 Å². The fraction of sp³-hybridized carbons (Fsp3) is 0.533. The molecule has 102 valence electrons. The molecule has 2 N–H and O–H groups in total. The van der Waals surface area contributed by atoms with Crippen LogP contribution in [0, 0.1) is 11.8 Å². The van der Waals surface area contributed by atoms with Crippen molar-refractivity contribution in [3.8, 4) is 0 Å². The first-order valence-corrected chi connectivity index (χ1v) is 7.84. The highest BCUT2D eigenvalue weighted by Crippen LogP contribution is 2.31. The third-order valence-electron chi connectivity index (χ3n) is 4.23. The summed E-state index contributed by atoms with van der Waals surface area (Å²) in [6, 6.07) is 6.16. The Morgan fingerprint density at radius 3 is 3.05 bits per heavy atom. The van der Waals surface area contributed by atoms with Crippen molar-refractivity contribution in [2.24, 2.45) is 11.8 Å². The van der Waals surface area contributed by atoms with Gasteiger partial charge in [-0.05, 0) is 42.9 Å². The quantitative estimate of drug-likeness (QED) is 0.900. The van der Waals surface area contributed by atoms with Crippen LogP contribution in [-0.2, 0) is 6.54 Å². The molecule has 1 aromatic carbocycles. The van der Waals surface area contributed by atoms with Gasteiger partial charge in [-0.15, -0.1) is 0 Å². The molecule has 1 saturated carbocycles. The smallest absolute Gasteiger partial charge is 0.201 e. The second kappa shape index (κ2) is 5.16. The van der Waals surface area contributed by atoms with E-state index < -0.39 is 0 Å². The van der Waals surface area contributed by atoms with Crippen LogP contribution in [0.3, 0.4) is 0 Å². The molecule has 1 heterocycles. The Morgan fingerprint density at radius 2 is 2.26 bits per heavy atom. The SMILES string of the molecule is CC1CCCC(Cn2c(N)nc3ccc(Br)cc32)C1. The summed E-state index contributed by atoms with van der Waals surface area (Å²) in [5.74, 6) is 2.23. The van der Waals surface area contributed by atoms with Gasteiger partial charge in [0.25, 0.3) is 0 Å². The van der Waals surface area contributed by atoms with Crippen molar-refractivity contribution < 1.29 is 0 Å². The van der Waals surface area contributed by atoms with E-state index in [1.54, 1.807) is 0 Å². The second-order valence-corrected chi connectivity index (χ2v) is 6.77. The summed E-state index contributed by atoms with van der Waals surface area (Å²) in [6.45, 7) is 3.36. The van der Waals surface area contributed by atoms with Gasteiger partial charge < -0.3 is 10.3 Å². The molecular formula is C15H20BrN3. The molecule has 4 heteroatoms. The molecular weight excluding hydrogens is 302 g/mol. The van der Waals surface area contributed by atoms with Gasteiger partial charge in [0.05, 0.1) is 11.0 Å². The number of hydrogen-bond acceptors (Lipinski definition) is 2. The van der Waals surface area contributed by atoms with E-state index in [0.29, 0.717) is 5.95 Å². The molecule has 1 aliphatic rings. The first-order valence-electron chi connectivity index (χ1n) is 7.04. The van der Waals surface area contributed by atoms with E-state index in [1.807, 2.05) is 12.1 Å². The molecule has 0 aliphatic heterocycles. The lowest BCUT2D eigenvalue weighted by molar-refractivity contribution is 0.259. The average Bonchev–Trinajstić information content (AvgIpc) is 2.66. The monoisotopic (exact) mass is 321 g/mol. The minimum atomic E-state index is 0.645. The van der Waals surface area contributed by atoms with E-state index >= 15 is 0 Å². The van der Waals surface area contributed by atoms with Crippen molar-refractivity contribution in [1.29, 1.82) is 0 Å². The van der Waals surface area contributed by atoms with Crippen LogP contribution in [-0.4, -0.2) is 9.55 Å². The lowest BCUT2D eigenvalue weighted by Crippen LogP contribution is -2.19. The lowest BCUT2D eigenvalue weighted by Gasteiger charge is -2.27. The highest BCUT2D eigenvalue weighted by atomic mass is 79.9. The third kappa shape index (κ3) is 2.64. The van der Waals surface area contributed by atoms with Gasteiger partial charge in [-0.1, -0.05) is 35.7 Å². The van der Waals surface area contributed by atoms with Gasteiger partial charge in [0.15, 0.2) is 0 Å². The summed E-state index contributed by atoms with van der Waals surface area (Å²) in [7, 11) is 0. The average molecular weight is 322 g/mol. The number of imidazole rings is 1. The van der Waals surface area contributed by atoms with Crippen molar-refractivity contribution in [2.75, 3.05) is 5.73 Å². The fourth-order valence-corrected chi connectivity index (χ4v) is 3.64. The Morgan fingerprint density at radius 1 is 1.42 bits per heavy atom. The van der Waals surface area contributed by atoms with Crippen molar-refractivity contribution in [3.63, 3.8) is 0 Å². The Labute approximate surface area is 122 Å². The minimum absolute atomic E-state index is 0.645. The lowest BCUT2D eigenvalue weighted by atomic mass is 9.82. The Hall–Kier alpha value is -1.03. The maximum absolute atomic E-state index is 6.09. The zero-order chi connectivity index (χ0) is 13.4. The topological polar surface area (TPSA) is 43.8 Å². The van der Waals surface area contributed by atoms with Crippen LogP contribution in [0.15, 0.2) is 22.7 Å². The summed E-state index contributed by atoms with van der Waals surface area (Å²) in [5, 5.41) is 0. The van der Waals surface area contributed by atoms with Crippen LogP contribution in [0.5, 0.6) is 0 Å². The maximum atomic E-state index is 6.09. The van der Waals surface area contributed by atoms with Gasteiger partial charge in [-0.3, -0.25) is 0 Å². The standard InChI is InChI=1S/C15H20BrN3/c1-10-3-2-4-11(7-10)9-19-14-8-12(16)5-6-13(14)18-15(19)17/h5-6,8,10-11H,2-4,7,9H2,1H3,(H2,17,18). The second-order valence-electron chi connectivity index (χ2n) is 5.85. The zero-order valence-electron chi connectivity index (χ0n) is 11.3. The van der Waals surface area contributed by atoms with Gasteiger partial charge in [0.1, 0.15) is 0 Å². The summed E-state index contributed by atoms with van der Waals surface area (Å²) in [5.41, 5.74) is 8.23. The van der Waals surface area contributed by atoms with Gasteiger partial charge in [0.2, 0.25) is 5.95 Å². The number of nitrogens with zero attached hydrogens (tertiary/aromatic N) is 2. The van der Waals surface area contributed by atoms with E-state index in [4.69, 9.17) is 5.73 Å². The summed E-state index contributed by atoms with van der Waals surface area (Å²) in [4.78, 5) is 4.46. The Balaban J connectivity index is 1.91. The fourth-order valence-electron chi connectivity index (χ4n) is 3.29. The number of rotatable bonds is 2. The van der Waals surface area contributed by atoms with Crippen LogP contribution in [0.25, 0.3) is 11.0 Å². The van der Waals surface area contributed by atoms with E-state index in [-0.39, 0.29) is 0 Å². The molecule has 1 aromatic heterocycles. The predicted molar refractivity (Wildman–Crippen MR) is 83.0 cm³/mol. The molecule has 0 bridgehead atoms. The molecule has 2 unspecified atom stereocenters. The van der Waals surface area contributed by atoms with Gasteiger partial charge in [-0.25, -0.2) is 4.98 Å². The van der Waals surface area contributed by atoms with E-state index in [1.165, 1.54) is 25.7 Å². The highest BCUT2D eigenvalue weighted by Gasteiger charge is 2.21. The summed E-state index contributed by atoms with van der Waals surface area (Å²) in [6.07, 6.45) is 5.36. The van der Waals surface area contributed by atoms with Crippen LogP contribution in [0.1, 0.15) is 32.6 Å². The predicted octanol–water partition coefficient (Wildman–Crippen LogP) is 4.21. The highest BCUT2D eigenvalue weighted by molar-refractivity contribution is 9.10. The number of nitrogen functional groups attached to an aromatic ring is 1. The van der Waals surface area contributed by atoms with Crippen LogP contribution >= 0.6 is 15.9 Å². The Bertz CT molecular complexity index is 590. The van der Waals surface area contributed by atoms with Gasteiger partial charge >= 0.3 is 0 Å². The van der Waals surface area contributed by atoms with Crippen LogP contribution < -0.4 is 5.73 Å². The zero-order valence-corrected chi connectivity index (χ0v) is 12.9. The Kier molecular flexibility index (Phi) is 3.52. The van der Waals surface area contributed by atoms with Gasteiger partial charge in [0, 0.05) is 11.0 Å². The number of hydrogen-bond donors (Lipinski definition) is 1. The minimum Gasteiger partial charge on any atom is -0.369 e. The molecule has 0 spiro atoms. The number of benzene rings is 1. The molecule has 3 rings (SSSR count). The normalized spacial score (nSPS) is 23.9. The van der Waals surface area contributed by atoms with Gasteiger partial charge in [-0.2, -0.15) is 0 Å². The van der Waals surface area contributed by atoms with Crippen molar-refractivity contribution in [1.82, 2.24) is 9.55 Å². The number of fused-ring (bicyclic) bond motifs is 1. The molecule has 19 heavy (non-hydrogen) atoms. The van der Waals surface area contributed by atoms with Crippen LogP contribution in [0.4, 0.5) is 5.95 Å². The number of halogens is 1. The van der Waals surface area contributed by atoms with E-state index in [9.17, 15) is 0 Å². The van der Waals surface area contributed by atoms with E-state index in [2.05, 4.69) is 38.5 Å².